The lowest BCUT2D eigenvalue weighted by molar-refractivity contribution is -0.149. The molecule has 1 unspecified atom stereocenters. The molecule has 3 aliphatic rings. The van der Waals surface area contributed by atoms with E-state index >= 15 is 0 Å². The highest BCUT2D eigenvalue weighted by atomic mass is 35.5. The summed E-state index contributed by atoms with van der Waals surface area (Å²) in [4.78, 5) is 27.3. The second-order valence-corrected chi connectivity index (χ2v) is 11.3. The Kier molecular flexibility index (Phi) is 7.96. The molecule has 204 valence electrons. The third kappa shape index (κ3) is 5.83. The van der Waals surface area contributed by atoms with E-state index in [9.17, 15) is 23.5 Å². The molecule has 38 heavy (non-hydrogen) atoms. The van der Waals surface area contributed by atoms with Gasteiger partial charge in [0.2, 0.25) is 5.91 Å². The van der Waals surface area contributed by atoms with Crippen LogP contribution in [0.25, 0.3) is 11.1 Å². The number of nitrogens with zero attached hydrogens (tertiary/aromatic N) is 3. The molecule has 2 aromatic carbocycles. The van der Waals surface area contributed by atoms with Crippen LogP contribution in [0.15, 0.2) is 36.4 Å². The summed E-state index contributed by atoms with van der Waals surface area (Å²) in [6.45, 7) is 2.09. The summed E-state index contributed by atoms with van der Waals surface area (Å²) in [5.41, 5.74) is 2.78. The third-order valence-electron chi connectivity index (χ3n) is 7.91. The van der Waals surface area contributed by atoms with E-state index in [1.807, 2.05) is 22.2 Å². The average Bonchev–Trinajstić information content (AvgIpc) is 3.26. The predicted octanol–water partition coefficient (Wildman–Crippen LogP) is 5.29. The van der Waals surface area contributed by atoms with Crippen molar-refractivity contribution in [3.63, 3.8) is 0 Å². The number of rotatable bonds is 5. The fraction of sp³-hybridized carbons (Fsp3) is 0.500. The smallest absolute Gasteiger partial charge is 0.253 e. The molecular weight excluding hydrogens is 535 g/mol. The molecular formula is C28H31Cl2F2N3O3. The van der Waals surface area contributed by atoms with Crippen molar-refractivity contribution in [3.05, 3.63) is 57.6 Å². The molecule has 3 saturated heterocycles. The SMILES string of the molecule is O=C(c1ccc(-c2cc(Cl)c(CC3CCN(N4CCC(O)CC4)C3=O)c(Cl)c2)cc1)N1CCC(F)(F)CC1. The van der Waals surface area contributed by atoms with Crippen LogP contribution in [0.5, 0.6) is 0 Å². The zero-order valence-electron chi connectivity index (χ0n) is 21.0. The number of halogens is 4. The Labute approximate surface area is 231 Å². The van der Waals surface area contributed by atoms with Crippen LogP contribution < -0.4 is 0 Å². The second kappa shape index (κ2) is 11.1. The molecule has 0 aliphatic carbocycles. The van der Waals surface area contributed by atoms with E-state index in [0.717, 1.165) is 23.1 Å². The van der Waals surface area contributed by atoms with E-state index in [-0.39, 0.29) is 49.8 Å². The maximum atomic E-state index is 13.4. The number of alkyl halides is 2. The Morgan fingerprint density at radius 2 is 1.53 bits per heavy atom. The number of hydrogen-bond donors (Lipinski definition) is 1. The number of piperidine rings is 2. The largest absolute Gasteiger partial charge is 0.393 e. The van der Waals surface area contributed by atoms with Crippen molar-refractivity contribution < 1.29 is 23.5 Å². The minimum Gasteiger partial charge on any atom is -0.393 e. The highest BCUT2D eigenvalue weighted by molar-refractivity contribution is 6.36. The van der Waals surface area contributed by atoms with Gasteiger partial charge in [0.1, 0.15) is 0 Å². The van der Waals surface area contributed by atoms with Crippen LogP contribution in [0.4, 0.5) is 8.78 Å². The van der Waals surface area contributed by atoms with Crippen LogP contribution in [-0.2, 0) is 11.2 Å². The van der Waals surface area contributed by atoms with Crippen molar-refractivity contribution in [2.24, 2.45) is 5.92 Å². The molecule has 2 aromatic rings. The Bertz CT molecular complexity index is 1170. The summed E-state index contributed by atoms with van der Waals surface area (Å²) < 4.78 is 26.9. The molecule has 3 fully saturated rings. The lowest BCUT2D eigenvalue weighted by Gasteiger charge is -2.36. The molecule has 1 N–H and O–H groups in total. The van der Waals surface area contributed by atoms with Crippen molar-refractivity contribution in [3.8, 4) is 11.1 Å². The number of benzene rings is 2. The molecule has 3 aliphatic heterocycles. The number of carbonyl (C=O) groups excluding carboxylic acids is 2. The average molecular weight is 566 g/mol. The van der Waals surface area contributed by atoms with Gasteiger partial charge in [0.15, 0.2) is 0 Å². The molecule has 0 aromatic heterocycles. The van der Waals surface area contributed by atoms with Crippen molar-refractivity contribution in [2.45, 2.75) is 50.6 Å². The number of likely N-dealkylation sites (tertiary alicyclic amines) is 1. The van der Waals surface area contributed by atoms with Crippen molar-refractivity contribution in [1.82, 2.24) is 14.9 Å². The Morgan fingerprint density at radius 3 is 2.13 bits per heavy atom. The van der Waals surface area contributed by atoms with Crippen molar-refractivity contribution in [2.75, 3.05) is 32.7 Å². The van der Waals surface area contributed by atoms with E-state index in [4.69, 9.17) is 23.2 Å². The molecule has 5 rings (SSSR count). The van der Waals surface area contributed by atoms with Gasteiger partial charge in [0, 0.05) is 67.1 Å². The normalized spacial score (nSPS) is 22.8. The summed E-state index contributed by atoms with van der Waals surface area (Å²) in [5, 5.41) is 14.6. The zero-order chi connectivity index (χ0) is 27.0. The van der Waals surface area contributed by atoms with Crippen LogP contribution in [0.2, 0.25) is 10.0 Å². The number of aliphatic hydroxyl groups excluding tert-OH is 1. The van der Waals surface area contributed by atoms with E-state index in [0.29, 0.717) is 54.5 Å². The Balaban J connectivity index is 1.24. The number of aliphatic hydroxyl groups is 1. The Morgan fingerprint density at radius 1 is 0.921 bits per heavy atom. The predicted molar refractivity (Wildman–Crippen MR) is 142 cm³/mol. The van der Waals surface area contributed by atoms with Crippen LogP contribution in [0.1, 0.15) is 48.0 Å². The first kappa shape index (κ1) is 27.3. The number of hydrazine groups is 1. The maximum absolute atomic E-state index is 13.4. The van der Waals surface area contributed by atoms with Gasteiger partial charge in [0.05, 0.1) is 6.10 Å². The Hall–Kier alpha value is -2.26. The van der Waals surface area contributed by atoms with Gasteiger partial charge in [-0.15, -0.1) is 0 Å². The molecule has 2 amide bonds. The summed E-state index contributed by atoms with van der Waals surface area (Å²) in [6, 6.07) is 10.6. The second-order valence-electron chi connectivity index (χ2n) is 10.5. The standard InChI is InChI=1S/C28H31Cl2F2N3O3/c29-24-16-21(18-1-3-19(4-2-18)26(37)33-13-8-28(31,32)9-14-33)17-25(30)23(24)15-20-5-12-35(27(20)38)34-10-6-22(36)7-11-34/h1-4,16-17,20,22,36H,5-15H2. The van der Waals surface area contributed by atoms with Gasteiger partial charge < -0.3 is 10.0 Å². The topological polar surface area (TPSA) is 64.1 Å². The quantitative estimate of drug-likeness (QED) is 0.534. The molecule has 10 heteroatoms. The van der Waals surface area contributed by atoms with Gasteiger partial charge in [0.25, 0.3) is 11.8 Å². The minimum atomic E-state index is -2.70. The van der Waals surface area contributed by atoms with Crippen LogP contribution >= 0.6 is 23.2 Å². The number of carbonyl (C=O) groups is 2. The van der Waals surface area contributed by atoms with Crippen molar-refractivity contribution in [1.29, 1.82) is 0 Å². The van der Waals surface area contributed by atoms with Gasteiger partial charge in [-0.3, -0.25) is 14.6 Å². The summed E-state index contributed by atoms with van der Waals surface area (Å²) in [5.74, 6) is -3.10. The van der Waals surface area contributed by atoms with Gasteiger partial charge >= 0.3 is 0 Å². The molecule has 6 nitrogen and oxygen atoms in total. The molecule has 0 bridgehead atoms. The van der Waals surface area contributed by atoms with Crippen molar-refractivity contribution >= 4 is 35.0 Å². The van der Waals surface area contributed by atoms with Crippen LogP contribution in [0.3, 0.4) is 0 Å². The third-order valence-corrected chi connectivity index (χ3v) is 8.59. The van der Waals surface area contributed by atoms with E-state index in [1.165, 1.54) is 4.90 Å². The monoisotopic (exact) mass is 565 g/mol. The molecule has 3 heterocycles. The molecule has 0 saturated carbocycles. The van der Waals surface area contributed by atoms with Gasteiger partial charge in [-0.05, 0) is 66.6 Å². The van der Waals surface area contributed by atoms with E-state index in [2.05, 4.69) is 0 Å². The van der Waals surface area contributed by atoms with Crippen LogP contribution in [-0.4, -0.2) is 76.6 Å². The minimum absolute atomic E-state index is 0.0443. The summed E-state index contributed by atoms with van der Waals surface area (Å²) in [7, 11) is 0. The zero-order valence-corrected chi connectivity index (χ0v) is 22.5. The van der Waals surface area contributed by atoms with Gasteiger partial charge in [-0.1, -0.05) is 35.3 Å². The van der Waals surface area contributed by atoms with Gasteiger partial charge in [-0.25, -0.2) is 13.8 Å². The maximum Gasteiger partial charge on any atom is 0.253 e. The first-order valence-electron chi connectivity index (χ1n) is 13.1. The fourth-order valence-electron chi connectivity index (χ4n) is 5.52. The lowest BCUT2D eigenvalue weighted by Crippen LogP contribution is -2.49. The lowest BCUT2D eigenvalue weighted by atomic mass is 9.95. The first-order chi connectivity index (χ1) is 18.1. The highest BCUT2D eigenvalue weighted by Crippen LogP contribution is 2.36. The van der Waals surface area contributed by atoms with E-state index in [1.54, 1.807) is 24.3 Å². The molecule has 0 radical (unpaired) electrons. The molecule has 0 spiro atoms. The fourth-order valence-corrected chi connectivity index (χ4v) is 6.16. The summed E-state index contributed by atoms with van der Waals surface area (Å²) in [6.07, 6.45) is 1.58. The van der Waals surface area contributed by atoms with Gasteiger partial charge in [-0.2, -0.15) is 0 Å². The summed E-state index contributed by atoms with van der Waals surface area (Å²) >= 11 is 13.3. The van der Waals surface area contributed by atoms with Crippen LogP contribution in [0, 0.1) is 5.92 Å². The molecule has 1 atom stereocenters. The van der Waals surface area contributed by atoms with E-state index < -0.39 is 5.92 Å². The first-order valence-corrected chi connectivity index (χ1v) is 13.9. The number of hydrogen-bond acceptors (Lipinski definition) is 4. The highest BCUT2D eigenvalue weighted by Gasteiger charge is 2.37. The number of amides is 2.